The lowest BCUT2D eigenvalue weighted by molar-refractivity contribution is -0.149. The molecule has 0 aromatic carbocycles. The molecular formula is C9H18O3S. The standard InChI is InChI=1S/C9H18O3S/c1-7(5-10)13-6-9(2,3)8(11)12-4/h7,10H,5-6H2,1-4H3. The van der Waals surface area contributed by atoms with Gasteiger partial charge in [0.15, 0.2) is 0 Å². The molecule has 0 aromatic heterocycles. The monoisotopic (exact) mass is 206 g/mol. The van der Waals surface area contributed by atoms with Crippen molar-refractivity contribution in [3.63, 3.8) is 0 Å². The summed E-state index contributed by atoms with van der Waals surface area (Å²) in [5.41, 5.74) is -0.469. The molecule has 0 saturated heterocycles. The van der Waals surface area contributed by atoms with Crippen molar-refractivity contribution in [2.75, 3.05) is 19.5 Å². The Kier molecular flexibility index (Phi) is 5.40. The van der Waals surface area contributed by atoms with Gasteiger partial charge in [-0.3, -0.25) is 4.79 Å². The fourth-order valence-corrected chi connectivity index (χ4v) is 1.66. The highest BCUT2D eigenvalue weighted by Crippen LogP contribution is 2.25. The van der Waals surface area contributed by atoms with Crippen molar-refractivity contribution in [3.05, 3.63) is 0 Å². The van der Waals surface area contributed by atoms with Crippen molar-refractivity contribution in [1.82, 2.24) is 0 Å². The summed E-state index contributed by atoms with van der Waals surface area (Å²) in [5.74, 6) is 0.464. The minimum Gasteiger partial charge on any atom is -0.469 e. The average molecular weight is 206 g/mol. The van der Waals surface area contributed by atoms with Gasteiger partial charge in [0.2, 0.25) is 0 Å². The number of ether oxygens (including phenoxy) is 1. The number of hydrogen-bond acceptors (Lipinski definition) is 4. The highest BCUT2D eigenvalue weighted by atomic mass is 32.2. The summed E-state index contributed by atoms with van der Waals surface area (Å²) in [7, 11) is 1.39. The third-order valence-corrected chi connectivity index (χ3v) is 3.33. The molecule has 1 unspecified atom stereocenters. The van der Waals surface area contributed by atoms with Crippen LogP contribution in [0.3, 0.4) is 0 Å². The van der Waals surface area contributed by atoms with Crippen LogP contribution in [0.2, 0.25) is 0 Å². The summed E-state index contributed by atoms with van der Waals surface area (Å²) in [6.07, 6.45) is 0. The van der Waals surface area contributed by atoms with Gasteiger partial charge in [-0.15, -0.1) is 0 Å². The first-order valence-corrected chi connectivity index (χ1v) is 5.30. The van der Waals surface area contributed by atoms with Gasteiger partial charge in [-0.2, -0.15) is 11.8 Å². The molecule has 0 aromatic rings. The summed E-state index contributed by atoms with van der Waals surface area (Å²) < 4.78 is 4.67. The predicted octanol–water partition coefficient (Wildman–Crippen LogP) is 1.30. The fraction of sp³-hybridized carbons (Fsp3) is 0.889. The largest absolute Gasteiger partial charge is 0.469 e. The molecule has 0 rings (SSSR count). The minimum atomic E-state index is -0.469. The van der Waals surface area contributed by atoms with Gasteiger partial charge in [0, 0.05) is 11.0 Å². The predicted molar refractivity (Wildman–Crippen MR) is 54.8 cm³/mol. The van der Waals surface area contributed by atoms with E-state index in [2.05, 4.69) is 4.74 Å². The molecule has 0 aliphatic heterocycles. The van der Waals surface area contributed by atoms with E-state index in [0.29, 0.717) is 5.75 Å². The number of rotatable bonds is 5. The van der Waals surface area contributed by atoms with Crippen LogP contribution < -0.4 is 0 Å². The zero-order chi connectivity index (χ0) is 10.5. The number of hydrogen-bond donors (Lipinski definition) is 1. The molecule has 0 saturated carbocycles. The third-order valence-electron chi connectivity index (χ3n) is 1.72. The van der Waals surface area contributed by atoms with E-state index in [-0.39, 0.29) is 17.8 Å². The van der Waals surface area contributed by atoms with Crippen LogP contribution >= 0.6 is 11.8 Å². The zero-order valence-corrected chi connectivity index (χ0v) is 9.48. The van der Waals surface area contributed by atoms with Crippen LogP contribution in [0, 0.1) is 5.41 Å². The molecule has 0 amide bonds. The van der Waals surface area contributed by atoms with Crippen LogP contribution in [0.1, 0.15) is 20.8 Å². The number of carbonyl (C=O) groups is 1. The molecule has 0 bridgehead atoms. The van der Waals surface area contributed by atoms with E-state index in [0.717, 1.165) is 0 Å². The number of aliphatic hydroxyl groups is 1. The molecule has 1 N–H and O–H groups in total. The molecule has 78 valence electrons. The number of thioether (sulfide) groups is 1. The van der Waals surface area contributed by atoms with E-state index in [9.17, 15) is 4.79 Å². The highest BCUT2D eigenvalue weighted by Gasteiger charge is 2.29. The van der Waals surface area contributed by atoms with E-state index in [1.165, 1.54) is 7.11 Å². The second kappa shape index (κ2) is 5.50. The second-order valence-corrected chi connectivity index (χ2v) is 5.11. The van der Waals surface area contributed by atoms with Crippen molar-refractivity contribution < 1.29 is 14.6 Å². The maximum Gasteiger partial charge on any atom is 0.312 e. The normalized spacial score (nSPS) is 13.9. The molecule has 3 nitrogen and oxygen atoms in total. The lowest BCUT2D eigenvalue weighted by Crippen LogP contribution is -2.29. The Morgan fingerprint density at radius 2 is 2.15 bits per heavy atom. The maximum atomic E-state index is 11.2. The lowest BCUT2D eigenvalue weighted by Gasteiger charge is -2.22. The molecule has 1 atom stereocenters. The van der Waals surface area contributed by atoms with Gasteiger partial charge < -0.3 is 9.84 Å². The number of aliphatic hydroxyl groups excluding tert-OH is 1. The van der Waals surface area contributed by atoms with Crippen LogP contribution in [-0.2, 0) is 9.53 Å². The quantitative estimate of drug-likeness (QED) is 0.689. The van der Waals surface area contributed by atoms with Gasteiger partial charge in [-0.05, 0) is 13.8 Å². The fourth-order valence-electron chi connectivity index (χ4n) is 0.739. The summed E-state index contributed by atoms with van der Waals surface area (Å²) >= 11 is 1.58. The smallest absolute Gasteiger partial charge is 0.312 e. The van der Waals surface area contributed by atoms with Crippen LogP contribution in [0.4, 0.5) is 0 Å². The first-order valence-electron chi connectivity index (χ1n) is 4.25. The minimum absolute atomic E-state index is 0.141. The summed E-state index contributed by atoms with van der Waals surface area (Å²) in [6.45, 7) is 5.76. The first kappa shape index (κ1) is 12.8. The van der Waals surface area contributed by atoms with Crippen molar-refractivity contribution in [3.8, 4) is 0 Å². The van der Waals surface area contributed by atoms with Crippen LogP contribution in [0.25, 0.3) is 0 Å². The summed E-state index contributed by atoms with van der Waals surface area (Å²) in [5, 5.41) is 8.96. The Bertz CT molecular complexity index is 168. The summed E-state index contributed by atoms with van der Waals surface area (Å²) in [4.78, 5) is 11.2. The molecule has 0 aliphatic rings. The van der Waals surface area contributed by atoms with Crippen LogP contribution in [0.15, 0.2) is 0 Å². The van der Waals surface area contributed by atoms with E-state index < -0.39 is 5.41 Å². The van der Waals surface area contributed by atoms with Gasteiger partial charge in [0.05, 0.1) is 19.1 Å². The van der Waals surface area contributed by atoms with E-state index in [1.54, 1.807) is 11.8 Å². The Balaban J connectivity index is 3.95. The topological polar surface area (TPSA) is 46.5 Å². The van der Waals surface area contributed by atoms with E-state index in [4.69, 9.17) is 5.11 Å². The van der Waals surface area contributed by atoms with Crippen molar-refractivity contribution in [2.45, 2.75) is 26.0 Å². The van der Waals surface area contributed by atoms with Gasteiger partial charge >= 0.3 is 5.97 Å². The number of methoxy groups -OCH3 is 1. The van der Waals surface area contributed by atoms with Crippen LogP contribution in [-0.4, -0.2) is 35.8 Å². The molecule has 0 radical (unpaired) electrons. The Morgan fingerprint density at radius 3 is 2.54 bits per heavy atom. The Labute approximate surface area is 83.9 Å². The van der Waals surface area contributed by atoms with Crippen molar-refractivity contribution in [2.24, 2.45) is 5.41 Å². The molecule has 4 heteroatoms. The Morgan fingerprint density at radius 1 is 1.62 bits per heavy atom. The van der Waals surface area contributed by atoms with E-state index in [1.807, 2.05) is 20.8 Å². The van der Waals surface area contributed by atoms with Gasteiger partial charge in [0.1, 0.15) is 0 Å². The highest BCUT2D eigenvalue weighted by molar-refractivity contribution is 7.99. The zero-order valence-electron chi connectivity index (χ0n) is 8.66. The average Bonchev–Trinajstić information content (AvgIpc) is 2.12. The summed E-state index contributed by atoms with van der Waals surface area (Å²) in [6, 6.07) is 0. The van der Waals surface area contributed by atoms with Gasteiger partial charge in [0.25, 0.3) is 0 Å². The molecular weight excluding hydrogens is 188 g/mol. The lowest BCUT2D eigenvalue weighted by atomic mass is 9.97. The molecule has 0 heterocycles. The molecule has 0 spiro atoms. The van der Waals surface area contributed by atoms with Crippen LogP contribution in [0.5, 0.6) is 0 Å². The van der Waals surface area contributed by atoms with E-state index >= 15 is 0 Å². The SMILES string of the molecule is COC(=O)C(C)(C)CSC(C)CO. The third kappa shape index (κ3) is 4.52. The van der Waals surface area contributed by atoms with Gasteiger partial charge in [-0.25, -0.2) is 0 Å². The number of esters is 1. The first-order chi connectivity index (χ1) is 5.94. The molecule has 0 fully saturated rings. The molecule has 0 aliphatic carbocycles. The Hall–Kier alpha value is -0.220. The number of carbonyl (C=O) groups excluding carboxylic acids is 1. The van der Waals surface area contributed by atoms with Gasteiger partial charge in [-0.1, -0.05) is 6.92 Å². The maximum absolute atomic E-state index is 11.2. The van der Waals surface area contributed by atoms with Crippen molar-refractivity contribution >= 4 is 17.7 Å². The van der Waals surface area contributed by atoms with Crippen molar-refractivity contribution in [1.29, 1.82) is 0 Å². The second-order valence-electron chi connectivity index (χ2n) is 3.68. The molecule has 13 heavy (non-hydrogen) atoms.